The van der Waals surface area contributed by atoms with Crippen LogP contribution in [0.1, 0.15) is 63.1 Å². The van der Waals surface area contributed by atoms with Gasteiger partial charge in [0.2, 0.25) is 0 Å². The third-order valence-electron chi connectivity index (χ3n) is 4.70. The fraction of sp³-hybridized carbons (Fsp3) is 0.812. The van der Waals surface area contributed by atoms with Crippen LogP contribution in [0.2, 0.25) is 0 Å². The van der Waals surface area contributed by atoms with E-state index in [0.29, 0.717) is 6.54 Å². The molecule has 1 atom stereocenters. The molecule has 1 aromatic rings. The second kappa shape index (κ2) is 8.46. The highest BCUT2D eigenvalue weighted by Crippen LogP contribution is 2.29. The van der Waals surface area contributed by atoms with Gasteiger partial charge in [-0.05, 0) is 39.5 Å². The first-order chi connectivity index (χ1) is 11.1. The van der Waals surface area contributed by atoms with Crippen molar-refractivity contribution in [3.63, 3.8) is 0 Å². The molecule has 0 amide bonds. The zero-order valence-electron chi connectivity index (χ0n) is 14.6. The fourth-order valence-corrected chi connectivity index (χ4v) is 3.51. The van der Waals surface area contributed by atoms with Crippen LogP contribution in [0.15, 0.2) is 4.99 Å². The average Bonchev–Trinajstić information content (AvgIpc) is 3.11. The number of aliphatic hydroxyl groups is 1. The van der Waals surface area contributed by atoms with Gasteiger partial charge in [0.1, 0.15) is 11.6 Å². The SMILES string of the molecule is CCNC(=NCC1(O)CCCC1)NC1CCCn2nc(C)nc21.I. The fourth-order valence-electron chi connectivity index (χ4n) is 3.51. The first-order valence-electron chi connectivity index (χ1n) is 8.78. The number of nitrogens with one attached hydrogen (secondary N) is 2. The molecular weight excluding hydrogens is 419 g/mol. The molecular formula is C16H29IN6O. The molecule has 0 spiro atoms. The maximum absolute atomic E-state index is 10.5. The van der Waals surface area contributed by atoms with Gasteiger partial charge in [-0.2, -0.15) is 5.10 Å². The van der Waals surface area contributed by atoms with Crippen molar-refractivity contribution >= 4 is 29.9 Å². The van der Waals surface area contributed by atoms with Crippen LogP contribution in [0, 0.1) is 6.92 Å². The van der Waals surface area contributed by atoms with Gasteiger partial charge < -0.3 is 15.7 Å². The van der Waals surface area contributed by atoms with Crippen molar-refractivity contribution in [2.24, 2.45) is 4.99 Å². The summed E-state index contributed by atoms with van der Waals surface area (Å²) in [6, 6.07) is 0.126. The molecule has 2 aliphatic rings. The van der Waals surface area contributed by atoms with Crippen LogP contribution in [-0.2, 0) is 6.54 Å². The highest BCUT2D eigenvalue weighted by atomic mass is 127. The number of nitrogens with zero attached hydrogens (tertiary/aromatic N) is 4. The number of guanidine groups is 1. The van der Waals surface area contributed by atoms with Gasteiger partial charge in [0.15, 0.2) is 5.96 Å². The Balaban J connectivity index is 0.00000208. The molecule has 1 unspecified atom stereocenters. The lowest BCUT2D eigenvalue weighted by Gasteiger charge is -2.26. The van der Waals surface area contributed by atoms with E-state index in [1.165, 1.54) is 0 Å². The molecule has 3 N–H and O–H groups in total. The van der Waals surface area contributed by atoms with Gasteiger partial charge in [0.05, 0.1) is 18.2 Å². The number of hydrogen-bond donors (Lipinski definition) is 3. The Morgan fingerprint density at radius 2 is 2.12 bits per heavy atom. The lowest BCUT2D eigenvalue weighted by atomic mass is 10.0. The van der Waals surface area contributed by atoms with Gasteiger partial charge in [-0.15, -0.1) is 24.0 Å². The monoisotopic (exact) mass is 448 g/mol. The van der Waals surface area contributed by atoms with E-state index in [1.807, 2.05) is 11.6 Å². The van der Waals surface area contributed by atoms with E-state index in [1.54, 1.807) is 0 Å². The van der Waals surface area contributed by atoms with Crippen LogP contribution in [0.4, 0.5) is 0 Å². The van der Waals surface area contributed by atoms with Gasteiger partial charge in [0.25, 0.3) is 0 Å². The lowest BCUT2D eigenvalue weighted by Crippen LogP contribution is -2.42. The average molecular weight is 448 g/mol. The minimum atomic E-state index is -0.620. The maximum Gasteiger partial charge on any atom is 0.191 e. The molecule has 24 heavy (non-hydrogen) atoms. The molecule has 0 saturated heterocycles. The molecule has 1 fully saturated rings. The smallest absolute Gasteiger partial charge is 0.191 e. The Hall–Kier alpha value is -0.900. The molecule has 7 nitrogen and oxygen atoms in total. The summed E-state index contributed by atoms with van der Waals surface area (Å²) >= 11 is 0. The summed E-state index contributed by atoms with van der Waals surface area (Å²) in [5, 5.41) is 21.7. The summed E-state index contributed by atoms with van der Waals surface area (Å²) in [4.78, 5) is 9.18. The van der Waals surface area contributed by atoms with Gasteiger partial charge in [-0.1, -0.05) is 12.8 Å². The van der Waals surface area contributed by atoms with Crippen molar-refractivity contribution in [1.29, 1.82) is 0 Å². The number of aliphatic imine (C=N–C) groups is 1. The van der Waals surface area contributed by atoms with Crippen LogP contribution in [-0.4, -0.2) is 44.5 Å². The molecule has 1 saturated carbocycles. The molecule has 0 radical (unpaired) electrons. The van der Waals surface area contributed by atoms with E-state index in [0.717, 1.165) is 69.2 Å². The van der Waals surface area contributed by atoms with Gasteiger partial charge in [0, 0.05) is 13.1 Å². The van der Waals surface area contributed by atoms with E-state index in [-0.39, 0.29) is 30.0 Å². The van der Waals surface area contributed by atoms with Crippen molar-refractivity contribution in [3.05, 3.63) is 11.6 Å². The number of aryl methyl sites for hydroxylation is 2. The number of fused-ring (bicyclic) bond motifs is 1. The summed E-state index contributed by atoms with van der Waals surface area (Å²) in [6.45, 7) is 6.16. The molecule has 3 rings (SSSR count). The van der Waals surface area contributed by atoms with Crippen LogP contribution in [0.5, 0.6) is 0 Å². The Morgan fingerprint density at radius 1 is 1.38 bits per heavy atom. The van der Waals surface area contributed by atoms with E-state index in [2.05, 4.69) is 32.6 Å². The quantitative estimate of drug-likeness (QED) is 0.372. The van der Waals surface area contributed by atoms with E-state index in [4.69, 9.17) is 0 Å². The zero-order valence-corrected chi connectivity index (χ0v) is 16.9. The first kappa shape index (κ1) is 19.4. The highest BCUT2D eigenvalue weighted by molar-refractivity contribution is 14.0. The molecule has 0 aromatic carbocycles. The standard InChI is InChI=1S/C16H28N6O.HI/c1-3-17-15(18-11-16(23)8-4-5-9-16)20-13-7-6-10-22-14(13)19-12(2)21-22;/h13,23H,3-11H2,1-2H3,(H2,17,18,20);1H. The zero-order chi connectivity index (χ0) is 16.3. The number of halogens is 1. The molecule has 1 aromatic heterocycles. The van der Waals surface area contributed by atoms with Crippen molar-refractivity contribution in [2.75, 3.05) is 13.1 Å². The Kier molecular flexibility index (Phi) is 6.85. The summed E-state index contributed by atoms with van der Waals surface area (Å²) in [5.41, 5.74) is -0.620. The van der Waals surface area contributed by atoms with Crippen LogP contribution >= 0.6 is 24.0 Å². The predicted molar refractivity (Wildman–Crippen MR) is 105 cm³/mol. The van der Waals surface area contributed by atoms with E-state index in [9.17, 15) is 5.11 Å². The Bertz CT molecular complexity index is 567. The van der Waals surface area contributed by atoms with Crippen LogP contribution < -0.4 is 10.6 Å². The third kappa shape index (κ3) is 4.59. The molecule has 136 valence electrons. The van der Waals surface area contributed by atoms with Crippen molar-refractivity contribution in [1.82, 2.24) is 25.4 Å². The van der Waals surface area contributed by atoms with Crippen molar-refractivity contribution in [2.45, 2.75) is 70.6 Å². The third-order valence-corrected chi connectivity index (χ3v) is 4.70. The second-order valence-corrected chi connectivity index (χ2v) is 6.71. The summed E-state index contributed by atoms with van der Waals surface area (Å²) in [7, 11) is 0. The van der Waals surface area contributed by atoms with E-state index >= 15 is 0 Å². The molecule has 8 heteroatoms. The Labute approximate surface area is 160 Å². The molecule has 1 aliphatic carbocycles. The number of rotatable bonds is 4. The first-order valence-corrected chi connectivity index (χ1v) is 8.78. The Morgan fingerprint density at radius 3 is 2.83 bits per heavy atom. The summed E-state index contributed by atoms with van der Waals surface area (Å²) in [5.74, 6) is 2.56. The summed E-state index contributed by atoms with van der Waals surface area (Å²) in [6.07, 6.45) is 6.01. The van der Waals surface area contributed by atoms with Crippen molar-refractivity contribution < 1.29 is 5.11 Å². The van der Waals surface area contributed by atoms with Crippen molar-refractivity contribution in [3.8, 4) is 0 Å². The molecule has 0 bridgehead atoms. The molecule has 2 heterocycles. The van der Waals surface area contributed by atoms with Gasteiger partial charge >= 0.3 is 0 Å². The number of hydrogen-bond acceptors (Lipinski definition) is 4. The predicted octanol–water partition coefficient (Wildman–Crippen LogP) is 1.90. The van der Waals surface area contributed by atoms with Crippen LogP contribution in [0.3, 0.4) is 0 Å². The van der Waals surface area contributed by atoms with Gasteiger partial charge in [-0.3, -0.25) is 4.99 Å². The molecule has 1 aliphatic heterocycles. The maximum atomic E-state index is 10.5. The topological polar surface area (TPSA) is 87.4 Å². The highest BCUT2D eigenvalue weighted by Gasteiger charge is 2.31. The van der Waals surface area contributed by atoms with Gasteiger partial charge in [-0.25, -0.2) is 9.67 Å². The minimum Gasteiger partial charge on any atom is -0.388 e. The van der Waals surface area contributed by atoms with E-state index < -0.39 is 5.60 Å². The minimum absolute atomic E-state index is 0. The summed E-state index contributed by atoms with van der Waals surface area (Å²) < 4.78 is 1.99. The lowest BCUT2D eigenvalue weighted by molar-refractivity contribution is 0.0574. The van der Waals surface area contributed by atoms with Crippen LogP contribution in [0.25, 0.3) is 0 Å². The second-order valence-electron chi connectivity index (χ2n) is 6.71. The normalized spacial score (nSPS) is 22.6. The largest absolute Gasteiger partial charge is 0.388 e. The number of aromatic nitrogens is 3.